The van der Waals surface area contributed by atoms with Crippen LogP contribution in [0.1, 0.15) is 48.3 Å². The molecule has 1 aliphatic heterocycles. The summed E-state index contributed by atoms with van der Waals surface area (Å²) in [5.74, 6) is 0.608. The lowest BCUT2D eigenvalue weighted by Gasteiger charge is -2.47. The van der Waals surface area contributed by atoms with Crippen LogP contribution in [0.15, 0.2) is 42.5 Å². The highest BCUT2D eigenvalue weighted by molar-refractivity contribution is 6.31. The largest absolute Gasteiger partial charge is 0.384 e. The van der Waals surface area contributed by atoms with Crippen molar-refractivity contribution in [1.82, 2.24) is 5.32 Å². The van der Waals surface area contributed by atoms with Crippen LogP contribution in [-0.2, 0) is 9.53 Å². The standard InChI is InChI=1S/C24H27Cl2NO2/c1-14-4-9-18(20(26)12-14)19-10-11-24(13-29-3)22(15(2)27-23(24)28)21(19)16-5-7-17(25)8-6-16/h4-9,12,15,19,21-22H,10-11,13H2,1-3H3,(H,27,28)/t15-,19+,21+,22+,24+/m1/s1. The van der Waals surface area contributed by atoms with Gasteiger partial charge in [-0.15, -0.1) is 0 Å². The van der Waals surface area contributed by atoms with E-state index in [1.54, 1.807) is 7.11 Å². The zero-order chi connectivity index (χ0) is 20.8. The maximum atomic E-state index is 13.1. The molecule has 1 amide bonds. The van der Waals surface area contributed by atoms with Crippen LogP contribution in [0.2, 0.25) is 10.0 Å². The van der Waals surface area contributed by atoms with Crippen molar-refractivity contribution in [2.45, 2.75) is 44.6 Å². The van der Waals surface area contributed by atoms with Crippen molar-refractivity contribution in [2.24, 2.45) is 11.3 Å². The van der Waals surface area contributed by atoms with Gasteiger partial charge in [0.2, 0.25) is 5.91 Å². The predicted molar refractivity (Wildman–Crippen MR) is 118 cm³/mol. The van der Waals surface area contributed by atoms with Gasteiger partial charge in [-0.25, -0.2) is 0 Å². The summed E-state index contributed by atoms with van der Waals surface area (Å²) in [7, 11) is 1.68. The smallest absolute Gasteiger partial charge is 0.229 e. The molecule has 2 fully saturated rings. The van der Waals surface area contributed by atoms with Crippen molar-refractivity contribution < 1.29 is 9.53 Å². The van der Waals surface area contributed by atoms with Crippen molar-refractivity contribution in [3.63, 3.8) is 0 Å². The van der Waals surface area contributed by atoms with Crippen LogP contribution in [-0.4, -0.2) is 25.7 Å². The first-order chi connectivity index (χ1) is 13.9. The van der Waals surface area contributed by atoms with Crippen LogP contribution in [0.5, 0.6) is 0 Å². The summed E-state index contributed by atoms with van der Waals surface area (Å²) < 4.78 is 5.58. The number of amides is 1. The number of hydrogen-bond donors (Lipinski definition) is 1. The Morgan fingerprint density at radius 3 is 2.55 bits per heavy atom. The molecule has 4 rings (SSSR count). The zero-order valence-corrected chi connectivity index (χ0v) is 18.6. The topological polar surface area (TPSA) is 38.3 Å². The van der Waals surface area contributed by atoms with E-state index in [9.17, 15) is 4.79 Å². The number of nitrogens with one attached hydrogen (secondary N) is 1. The van der Waals surface area contributed by atoms with Gasteiger partial charge < -0.3 is 10.1 Å². The Morgan fingerprint density at radius 1 is 1.17 bits per heavy atom. The van der Waals surface area contributed by atoms with Crippen molar-refractivity contribution in [3.05, 3.63) is 69.2 Å². The van der Waals surface area contributed by atoms with E-state index in [4.69, 9.17) is 27.9 Å². The van der Waals surface area contributed by atoms with Crippen LogP contribution in [0.3, 0.4) is 0 Å². The van der Waals surface area contributed by atoms with Crippen LogP contribution >= 0.6 is 23.2 Å². The highest BCUT2D eigenvalue weighted by Crippen LogP contribution is 2.59. The minimum atomic E-state index is -0.508. The number of benzene rings is 2. The quantitative estimate of drug-likeness (QED) is 0.670. The highest BCUT2D eigenvalue weighted by atomic mass is 35.5. The predicted octanol–water partition coefficient (Wildman–Crippen LogP) is 5.73. The van der Waals surface area contributed by atoms with Gasteiger partial charge in [0, 0.05) is 29.1 Å². The molecule has 1 N–H and O–H groups in total. The third kappa shape index (κ3) is 3.48. The van der Waals surface area contributed by atoms with Gasteiger partial charge in [-0.2, -0.15) is 0 Å². The molecular weight excluding hydrogens is 405 g/mol. The molecule has 1 saturated carbocycles. The normalized spacial score (nSPS) is 31.4. The molecule has 3 nitrogen and oxygen atoms in total. The first kappa shape index (κ1) is 20.7. The molecule has 2 aromatic carbocycles. The van der Waals surface area contributed by atoms with Gasteiger partial charge in [-0.1, -0.05) is 47.5 Å². The number of carbonyl (C=O) groups excluding carboxylic acids is 1. The lowest BCUT2D eigenvalue weighted by atomic mass is 9.55. The van der Waals surface area contributed by atoms with E-state index < -0.39 is 5.41 Å². The fourth-order valence-electron chi connectivity index (χ4n) is 5.75. The Kier molecular flexibility index (Phi) is 5.67. The van der Waals surface area contributed by atoms with Gasteiger partial charge in [0.1, 0.15) is 0 Å². The summed E-state index contributed by atoms with van der Waals surface area (Å²) in [6.45, 7) is 4.60. The molecule has 0 bridgehead atoms. The SMILES string of the molecule is COC[C@@]12CC[C@@H](c3ccc(C)cc3Cl)[C@H](c3ccc(Cl)cc3)[C@@H]1[C@@H](C)NC2=O. The molecule has 2 aliphatic rings. The lowest BCUT2D eigenvalue weighted by molar-refractivity contribution is -0.135. The maximum Gasteiger partial charge on any atom is 0.229 e. The van der Waals surface area contributed by atoms with E-state index >= 15 is 0 Å². The molecule has 154 valence electrons. The third-order valence-electron chi connectivity index (χ3n) is 6.92. The average molecular weight is 432 g/mol. The van der Waals surface area contributed by atoms with Crippen LogP contribution in [0.25, 0.3) is 0 Å². The third-order valence-corrected chi connectivity index (χ3v) is 7.50. The summed E-state index contributed by atoms with van der Waals surface area (Å²) in [6.07, 6.45) is 1.68. The first-order valence-electron chi connectivity index (χ1n) is 10.2. The zero-order valence-electron chi connectivity index (χ0n) is 17.0. The van der Waals surface area contributed by atoms with Crippen molar-refractivity contribution >= 4 is 29.1 Å². The number of ether oxygens (including phenoxy) is 1. The van der Waals surface area contributed by atoms with E-state index in [1.807, 2.05) is 18.2 Å². The lowest BCUT2D eigenvalue weighted by Crippen LogP contribution is -2.47. The molecule has 0 spiro atoms. The number of hydrogen-bond acceptors (Lipinski definition) is 2. The fraction of sp³-hybridized carbons (Fsp3) is 0.458. The molecule has 29 heavy (non-hydrogen) atoms. The number of halogens is 2. The number of aryl methyl sites for hydroxylation is 1. The van der Waals surface area contributed by atoms with Gasteiger partial charge in [-0.3, -0.25) is 4.79 Å². The second kappa shape index (κ2) is 7.94. The van der Waals surface area contributed by atoms with Crippen molar-refractivity contribution in [2.75, 3.05) is 13.7 Å². The minimum Gasteiger partial charge on any atom is -0.384 e. The van der Waals surface area contributed by atoms with Gasteiger partial charge in [0.15, 0.2) is 0 Å². The van der Waals surface area contributed by atoms with E-state index in [-0.39, 0.29) is 29.7 Å². The number of rotatable bonds is 4. The second-order valence-electron chi connectivity index (χ2n) is 8.62. The Balaban J connectivity index is 1.86. The van der Waals surface area contributed by atoms with Crippen molar-refractivity contribution in [1.29, 1.82) is 0 Å². The summed E-state index contributed by atoms with van der Waals surface area (Å²) >= 11 is 12.9. The Hall–Kier alpha value is -1.55. The molecule has 1 saturated heterocycles. The molecule has 0 aromatic heterocycles. The Morgan fingerprint density at radius 2 is 1.90 bits per heavy atom. The van der Waals surface area contributed by atoms with Gasteiger partial charge in [-0.05, 0) is 73.4 Å². The van der Waals surface area contributed by atoms with Crippen LogP contribution in [0.4, 0.5) is 0 Å². The first-order valence-corrected chi connectivity index (χ1v) is 10.9. The molecule has 0 radical (unpaired) electrons. The minimum absolute atomic E-state index is 0.0605. The molecule has 1 heterocycles. The summed E-state index contributed by atoms with van der Waals surface area (Å²) in [5, 5.41) is 4.73. The summed E-state index contributed by atoms with van der Waals surface area (Å²) in [6, 6.07) is 14.4. The number of fused-ring (bicyclic) bond motifs is 1. The van der Waals surface area contributed by atoms with Gasteiger partial charge in [0.25, 0.3) is 0 Å². The van der Waals surface area contributed by atoms with Crippen LogP contribution < -0.4 is 5.32 Å². The second-order valence-corrected chi connectivity index (χ2v) is 9.47. The Labute approximate surface area is 182 Å². The summed E-state index contributed by atoms with van der Waals surface area (Å²) in [5.41, 5.74) is 3.00. The monoisotopic (exact) mass is 431 g/mol. The average Bonchev–Trinajstić information content (AvgIpc) is 2.93. The molecule has 1 aliphatic carbocycles. The summed E-state index contributed by atoms with van der Waals surface area (Å²) in [4.78, 5) is 13.1. The van der Waals surface area contributed by atoms with E-state index in [2.05, 4.69) is 43.4 Å². The van der Waals surface area contributed by atoms with Crippen LogP contribution in [0, 0.1) is 18.3 Å². The molecule has 2 aromatic rings. The molecule has 0 unspecified atom stereocenters. The fourth-order valence-corrected chi connectivity index (χ4v) is 6.25. The number of carbonyl (C=O) groups is 1. The van der Waals surface area contributed by atoms with Crippen molar-refractivity contribution in [3.8, 4) is 0 Å². The van der Waals surface area contributed by atoms with Gasteiger partial charge >= 0.3 is 0 Å². The van der Waals surface area contributed by atoms with E-state index in [0.717, 1.165) is 29.0 Å². The molecular formula is C24H27Cl2NO2. The van der Waals surface area contributed by atoms with E-state index in [0.29, 0.717) is 11.6 Å². The van der Waals surface area contributed by atoms with E-state index in [1.165, 1.54) is 5.56 Å². The molecule has 5 atom stereocenters. The molecule has 5 heteroatoms. The Bertz CT molecular complexity index is 914. The van der Waals surface area contributed by atoms with Gasteiger partial charge in [0.05, 0.1) is 12.0 Å². The number of methoxy groups -OCH3 is 1. The maximum absolute atomic E-state index is 13.1. The highest BCUT2D eigenvalue weighted by Gasteiger charge is 2.60.